The summed E-state index contributed by atoms with van der Waals surface area (Å²) in [6.07, 6.45) is 0.962. The molecule has 1 aliphatic heterocycles. The number of nitrogens with two attached hydrogens (primary N) is 1. The van der Waals surface area contributed by atoms with Gasteiger partial charge in [-0.15, -0.1) is 24.8 Å². The first-order valence-corrected chi connectivity index (χ1v) is 6.54. The quantitative estimate of drug-likeness (QED) is 0.735. The number of amides is 2. The maximum atomic E-state index is 11.9. The summed E-state index contributed by atoms with van der Waals surface area (Å²) in [5, 5.41) is 2.69. The third-order valence-electron chi connectivity index (χ3n) is 3.27. The summed E-state index contributed by atoms with van der Waals surface area (Å²) in [4.78, 5) is 27.3. The van der Waals surface area contributed by atoms with Crippen LogP contribution in [0.15, 0.2) is 0 Å². The fourth-order valence-corrected chi connectivity index (χ4v) is 1.82. The predicted octanol–water partition coefficient (Wildman–Crippen LogP) is -0.152. The molecule has 3 N–H and O–H groups in total. The van der Waals surface area contributed by atoms with Crippen molar-refractivity contribution >= 4 is 36.6 Å². The molecule has 1 saturated heterocycles. The fourth-order valence-electron chi connectivity index (χ4n) is 1.82. The van der Waals surface area contributed by atoms with Gasteiger partial charge in [0.2, 0.25) is 11.8 Å². The zero-order valence-electron chi connectivity index (χ0n) is 12.1. The van der Waals surface area contributed by atoms with Gasteiger partial charge in [0.1, 0.15) is 0 Å². The van der Waals surface area contributed by atoms with Crippen molar-refractivity contribution in [1.29, 1.82) is 0 Å². The molecule has 0 saturated carbocycles. The summed E-state index contributed by atoms with van der Waals surface area (Å²) in [5.41, 5.74) is 5.58. The van der Waals surface area contributed by atoms with Crippen molar-refractivity contribution in [2.75, 3.05) is 39.8 Å². The molecule has 1 atom stereocenters. The molecule has 8 heteroatoms. The average Bonchev–Trinajstić information content (AvgIpc) is 2.38. The Balaban J connectivity index is 0. The van der Waals surface area contributed by atoms with E-state index in [1.54, 1.807) is 0 Å². The van der Waals surface area contributed by atoms with Crippen LogP contribution in [0.2, 0.25) is 0 Å². The zero-order valence-corrected chi connectivity index (χ0v) is 13.8. The summed E-state index contributed by atoms with van der Waals surface area (Å²) >= 11 is 0. The highest BCUT2D eigenvalue weighted by atomic mass is 35.5. The summed E-state index contributed by atoms with van der Waals surface area (Å²) in [7, 11) is 2.05. The monoisotopic (exact) mass is 328 g/mol. The first-order chi connectivity index (χ1) is 8.54. The Labute approximate surface area is 133 Å². The first kappa shape index (κ1) is 21.7. The molecule has 2 amide bonds. The lowest BCUT2D eigenvalue weighted by atomic mass is 10.2. The number of hydrogen-bond acceptors (Lipinski definition) is 4. The van der Waals surface area contributed by atoms with Crippen LogP contribution in [-0.2, 0) is 9.59 Å². The van der Waals surface area contributed by atoms with Crippen LogP contribution in [0.4, 0.5) is 0 Å². The van der Waals surface area contributed by atoms with Crippen molar-refractivity contribution in [2.24, 2.45) is 5.73 Å². The highest BCUT2D eigenvalue weighted by Crippen LogP contribution is 2.01. The lowest BCUT2D eigenvalue weighted by Gasteiger charge is -2.32. The molecule has 0 aromatic carbocycles. The molecule has 0 bridgehead atoms. The molecular formula is C12H26Cl2N4O2. The zero-order chi connectivity index (χ0) is 13.5. The van der Waals surface area contributed by atoms with Crippen LogP contribution in [0, 0.1) is 0 Å². The van der Waals surface area contributed by atoms with Gasteiger partial charge in [0.15, 0.2) is 0 Å². The lowest BCUT2D eigenvalue weighted by molar-refractivity contribution is -0.132. The van der Waals surface area contributed by atoms with Crippen LogP contribution in [0.5, 0.6) is 0 Å². The Bertz CT molecular complexity index is 297. The molecule has 1 fully saturated rings. The molecule has 6 nitrogen and oxygen atoms in total. The number of rotatable bonds is 5. The van der Waals surface area contributed by atoms with Crippen LogP contribution >= 0.6 is 24.8 Å². The van der Waals surface area contributed by atoms with Gasteiger partial charge in [-0.3, -0.25) is 9.59 Å². The molecule has 0 spiro atoms. The molecular weight excluding hydrogens is 303 g/mol. The second kappa shape index (κ2) is 11.1. The number of nitrogens with one attached hydrogen (secondary N) is 1. The minimum atomic E-state index is -0.469. The minimum absolute atomic E-state index is 0. The van der Waals surface area contributed by atoms with Gasteiger partial charge in [0, 0.05) is 39.1 Å². The van der Waals surface area contributed by atoms with Crippen LogP contribution in [0.1, 0.15) is 19.8 Å². The maximum absolute atomic E-state index is 11.9. The molecule has 120 valence electrons. The van der Waals surface area contributed by atoms with Gasteiger partial charge in [-0.05, 0) is 13.5 Å². The van der Waals surface area contributed by atoms with Gasteiger partial charge in [0.05, 0.1) is 6.04 Å². The van der Waals surface area contributed by atoms with Gasteiger partial charge in [-0.2, -0.15) is 0 Å². The third kappa shape index (κ3) is 7.28. The van der Waals surface area contributed by atoms with Crippen molar-refractivity contribution in [1.82, 2.24) is 15.1 Å². The van der Waals surface area contributed by atoms with Gasteiger partial charge >= 0.3 is 0 Å². The molecule has 0 aromatic heterocycles. The Morgan fingerprint density at radius 1 is 1.20 bits per heavy atom. The van der Waals surface area contributed by atoms with Crippen LogP contribution in [0.3, 0.4) is 0 Å². The second-order valence-corrected chi connectivity index (χ2v) is 4.74. The second-order valence-electron chi connectivity index (χ2n) is 4.74. The van der Waals surface area contributed by atoms with E-state index in [0.29, 0.717) is 19.4 Å². The number of halogens is 2. The Hall–Kier alpha value is -0.560. The lowest BCUT2D eigenvalue weighted by Crippen LogP contribution is -2.48. The highest BCUT2D eigenvalue weighted by molar-refractivity contribution is 5.85. The van der Waals surface area contributed by atoms with Crippen LogP contribution in [-0.4, -0.2) is 67.4 Å². The fraction of sp³-hybridized carbons (Fsp3) is 0.833. The number of likely N-dealkylation sites (N-methyl/N-ethyl adjacent to an activating group) is 1. The SMILES string of the molecule is CC[C@H](N)C(=O)NCCC(=O)N1CCN(C)CC1.Cl.Cl. The third-order valence-corrected chi connectivity index (χ3v) is 3.27. The average molecular weight is 329 g/mol. The van der Waals surface area contributed by atoms with Crippen LogP contribution < -0.4 is 11.1 Å². The topological polar surface area (TPSA) is 78.7 Å². The van der Waals surface area contributed by atoms with E-state index in [1.165, 1.54) is 0 Å². The molecule has 0 unspecified atom stereocenters. The van der Waals surface area contributed by atoms with E-state index in [1.807, 2.05) is 18.9 Å². The van der Waals surface area contributed by atoms with E-state index in [0.717, 1.165) is 26.2 Å². The molecule has 20 heavy (non-hydrogen) atoms. The summed E-state index contributed by atoms with van der Waals surface area (Å²) < 4.78 is 0. The van der Waals surface area contributed by atoms with E-state index in [4.69, 9.17) is 5.73 Å². The molecule has 1 aliphatic rings. The van der Waals surface area contributed by atoms with Gasteiger partial charge in [0.25, 0.3) is 0 Å². The molecule has 0 aliphatic carbocycles. The van der Waals surface area contributed by atoms with E-state index in [-0.39, 0.29) is 36.6 Å². The van der Waals surface area contributed by atoms with Crippen molar-refractivity contribution in [3.63, 3.8) is 0 Å². The summed E-state index contributed by atoms with van der Waals surface area (Å²) in [6.45, 7) is 5.62. The molecule has 0 radical (unpaired) electrons. The number of carbonyl (C=O) groups excluding carboxylic acids is 2. The molecule has 1 heterocycles. The van der Waals surface area contributed by atoms with E-state index < -0.39 is 6.04 Å². The number of piperazine rings is 1. The number of nitrogens with zero attached hydrogens (tertiary/aromatic N) is 2. The standard InChI is InChI=1S/C12H24N4O2.2ClH/c1-3-10(13)12(18)14-5-4-11(17)16-8-6-15(2)7-9-16;;/h10H,3-9,13H2,1-2H3,(H,14,18);2*1H/t10-;;/m0../s1. The van der Waals surface area contributed by atoms with E-state index in [9.17, 15) is 9.59 Å². The number of carbonyl (C=O) groups is 2. The predicted molar refractivity (Wildman–Crippen MR) is 84.5 cm³/mol. The molecule has 1 rings (SSSR count). The van der Waals surface area contributed by atoms with Crippen LogP contribution in [0.25, 0.3) is 0 Å². The van der Waals surface area contributed by atoms with Gasteiger partial charge in [-0.25, -0.2) is 0 Å². The van der Waals surface area contributed by atoms with E-state index >= 15 is 0 Å². The minimum Gasteiger partial charge on any atom is -0.354 e. The largest absolute Gasteiger partial charge is 0.354 e. The van der Waals surface area contributed by atoms with E-state index in [2.05, 4.69) is 10.2 Å². The van der Waals surface area contributed by atoms with Crippen molar-refractivity contribution in [3.05, 3.63) is 0 Å². The smallest absolute Gasteiger partial charge is 0.236 e. The van der Waals surface area contributed by atoms with Gasteiger partial charge < -0.3 is 20.9 Å². The first-order valence-electron chi connectivity index (χ1n) is 6.54. The highest BCUT2D eigenvalue weighted by Gasteiger charge is 2.19. The Morgan fingerprint density at radius 3 is 2.25 bits per heavy atom. The van der Waals surface area contributed by atoms with Crippen molar-refractivity contribution < 1.29 is 9.59 Å². The number of hydrogen-bond donors (Lipinski definition) is 2. The summed E-state index contributed by atoms with van der Waals surface area (Å²) in [5.74, 6) is -0.0721. The van der Waals surface area contributed by atoms with Crippen molar-refractivity contribution in [2.45, 2.75) is 25.8 Å². The maximum Gasteiger partial charge on any atom is 0.236 e. The summed E-state index contributed by atoms with van der Waals surface area (Å²) in [6, 6.07) is -0.469. The Morgan fingerprint density at radius 2 is 1.75 bits per heavy atom. The normalized spacial score (nSPS) is 16.6. The van der Waals surface area contributed by atoms with Gasteiger partial charge in [-0.1, -0.05) is 6.92 Å². The Kier molecular flexibility index (Phi) is 12.1. The van der Waals surface area contributed by atoms with Crippen molar-refractivity contribution in [3.8, 4) is 0 Å². The molecule has 0 aromatic rings.